The number of ether oxygens (including phenoxy) is 1. The predicted molar refractivity (Wildman–Crippen MR) is 49.3 cm³/mol. The molecule has 2 aliphatic carbocycles. The summed E-state index contributed by atoms with van der Waals surface area (Å²) in [6, 6.07) is 0.0210. The summed E-state index contributed by atoms with van der Waals surface area (Å²) in [5, 5.41) is 0. The van der Waals surface area contributed by atoms with Crippen LogP contribution in [0.2, 0.25) is 0 Å². The van der Waals surface area contributed by atoms with Crippen molar-refractivity contribution >= 4 is 12.9 Å². The van der Waals surface area contributed by atoms with Gasteiger partial charge in [0.2, 0.25) is 6.41 Å². The van der Waals surface area contributed by atoms with Gasteiger partial charge in [0.25, 0.3) is 6.47 Å². The van der Waals surface area contributed by atoms with Crippen molar-refractivity contribution in [1.29, 1.82) is 0 Å². The highest BCUT2D eigenvalue weighted by molar-refractivity contribution is 5.49. The summed E-state index contributed by atoms with van der Waals surface area (Å²) in [6.45, 7) is 0.477. The summed E-state index contributed by atoms with van der Waals surface area (Å²) in [7, 11) is 1.73. The Balaban J connectivity index is 2.17. The second kappa shape index (κ2) is 3.44. The molecule has 0 saturated heterocycles. The first kappa shape index (κ1) is 9.24. The van der Waals surface area contributed by atoms with Gasteiger partial charge < -0.3 is 9.64 Å². The highest BCUT2D eigenvalue weighted by Crippen LogP contribution is 2.42. The van der Waals surface area contributed by atoms with Crippen LogP contribution in [0.5, 0.6) is 0 Å². The normalized spacial score (nSPS) is 38.4. The van der Waals surface area contributed by atoms with Crippen LogP contribution in [0.1, 0.15) is 6.42 Å². The van der Waals surface area contributed by atoms with E-state index >= 15 is 0 Å². The lowest BCUT2D eigenvalue weighted by molar-refractivity contribution is -0.140. The van der Waals surface area contributed by atoms with E-state index in [1.54, 1.807) is 11.9 Å². The van der Waals surface area contributed by atoms with Crippen LogP contribution >= 0.6 is 0 Å². The highest BCUT2D eigenvalue weighted by atomic mass is 16.5. The van der Waals surface area contributed by atoms with E-state index in [4.69, 9.17) is 4.74 Å². The molecule has 4 nitrogen and oxygen atoms in total. The molecule has 1 amide bonds. The molecule has 0 spiro atoms. The number of hydrogen-bond acceptors (Lipinski definition) is 3. The lowest BCUT2D eigenvalue weighted by Crippen LogP contribution is -2.44. The van der Waals surface area contributed by atoms with E-state index in [9.17, 15) is 9.59 Å². The van der Waals surface area contributed by atoms with Crippen molar-refractivity contribution < 1.29 is 14.3 Å². The molecular formula is C10H13NO3. The van der Waals surface area contributed by atoms with E-state index in [1.165, 1.54) is 0 Å². The second-order valence-corrected chi connectivity index (χ2v) is 3.91. The molecule has 4 atom stereocenters. The first-order valence-corrected chi connectivity index (χ1v) is 4.72. The summed E-state index contributed by atoms with van der Waals surface area (Å²) in [5.41, 5.74) is 0. The second-order valence-electron chi connectivity index (χ2n) is 3.91. The Kier molecular flexibility index (Phi) is 2.27. The Morgan fingerprint density at radius 2 is 2.07 bits per heavy atom. The van der Waals surface area contributed by atoms with Crippen molar-refractivity contribution in [2.24, 2.45) is 11.8 Å². The maximum atomic E-state index is 10.7. The third-order valence-electron chi connectivity index (χ3n) is 3.20. The van der Waals surface area contributed by atoms with E-state index in [0.717, 1.165) is 12.8 Å². The molecule has 4 heteroatoms. The van der Waals surface area contributed by atoms with Crippen LogP contribution in [-0.2, 0) is 14.3 Å². The zero-order valence-corrected chi connectivity index (χ0v) is 8.00. The number of rotatable bonds is 4. The van der Waals surface area contributed by atoms with Crippen LogP contribution in [0.15, 0.2) is 12.2 Å². The van der Waals surface area contributed by atoms with E-state index in [-0.39, 0.29) is 18.1 Å². The predicted octanol–water partition coefficient (Wildman–Crippen LogP) is 0.191. The standard InChI is InChI=1S/C10H13NO3/c1-11(5-12)9-7-2-3-8(4-7)10(9)14-6-13/h2-3,5-10H,4H2,1H3. The number of amides is 1. The Morgan fingerprint density at radius 3 is 2.71 bits per heavy atom. The summed E-state index contributed by atoms with van der Waals surface area (Å²) in [5.74, 6) is 0.637. The average Bonchev–Trinajstić information content (AvgIpc) is 2.77. The molecule has 1 saturated carbocycles. The zero-order valence-electron chi connectivity index (χ0n) is 8.00. The number of carbonyl (C=O) groups is 2. The van der Waals surface area contributed by atoms with Gasteiger partial charge in [0, 0.05) is 18.9 Å². The van der Waals surface area contributed by atoms with Gasteiger partial charge >= 0.3 is 0 Å². The molecule has 0 aromatic carbocycles. The monoisotopic (exact) mass is 195 g/mol. The number of hydrogen-bond donors (Lipinski definition) is 0. The molecule has 2 rings (SSSR count). The smallest absolute Gasteiger partial charge is 0.293 e. The van der Waals surface area contributed by atoms with Crippen LogP contribution in [0, 0.1) is 11.8 Å². The number of nitrogens with zero attached hydrogens (tertiary/aromatic N) is 1. The molecule has 14 heavy (non-hydrogen) atoms. The quantitative estimate of drug-likeness (QED) is 0.475. The van der Waals surface area contributed by atoms with Gasteiger partial charge in [-0.1, -0.05) is 12.2 Å². The number of fused-ring (bicyclic) bond motifs is 2. The molecule has 2 bridgehead atoms. The van der Waals surface area contributed by atoms with Crippen molar-refractivity contribution in [1.82, 2.24) is 4.90 Å². The topological polar surface area (TPSA) is 46.6 Å². The summed E-state index contributed by atoms with van der Waals surface area (Å²) in [6.07, 6.45) is 5.81. The van der Waals surface area contributed by atoms with Crippen LogP contribution in [0.4, 0.5) is 0 Å². The van der Waals surface area contributed by atoms with Crippen molar-refractivity contribution in [3.63, 3.8) is 0 Å². The van der Waals surface area contributed by atoms with Gasteiger partial charge in [-0.2, -0.15) is 0 Å². The van der Waals surface area contributed by atoms with Gasteiger partial charge in [-0.05, 0) is 6.42 Å². The molecule has 4 unspecified atom stereocenters. The van der Waals surface area contributed by atoms with E-state index in [0.29, 0.717) is 12.4 Å². The fourth-order valence-electron chi connectivity index (χ4n) is 2.60. The van der Waals surface area contributed by atoms with Crippen LogP contribution in [0.25, 0.3) is 0 Å². The van der Waals surface area contributed by atoms with Gasteiger partial charge in [-0.25, -0.2) is 0 Å². The van der Waals surface area contributed by atoms with Gasteiger partial charge in [-0.3, -0.25) is 9.59 Å². The fraction of sp³-hybridized carbons (Fsp3) is 0.600. The maximum absolute atomic E-state index is 10.7. The largest absolute Gasteiger partial charge is 0.462 e. The molecule has 1 fully saturated rings. The molecule has 0 aliphatic heterocycles. The van der Waals surface area contributed by atoms with E-state index in [2.05, 4.69) is 12.2 Å². The minimum Gasteiger partial charge on any atom is -0.462 e. The third kappa shape index (κ3) is 1.22. The molecule has 0 radical (unpaired) electrons. The minimum atomic E-state index is -0.155. The van der Waals surface area contributed by atoms with Crippen LogP contribution in [0.3, 0.4) is 0 Å². The molecule has 2 aliphatic rings. The lowest BCUT2D eigenvalue weighted by atomic mass is 9.97. The Morgan fingerprint density at radius 1 is 1.36 bits per heavy atom. The third-order valence-corrected chi connectivity index (χ3v) is 3.20. The van der Waals surface area contributed by atoms with E-state index < -0.39 is 0 Å². The van der Waals surface area contributed by atoms with Crippen molar-refractivity contribution in [2.75, 3.05) is 7.05 Å². The molecule has 0 aromatic heterocycles. The van der Waals surface area contributed by atoms with Crippen LogP contribution < -0.4 is 0 Å². The Labute approximate surface area is 82.5 Å². The summed E-state index contributed by atoms with van der Waals surface area (Å²) < 4.78 is 5.04. The lowest BCUT2D eigenvalue weighted by Gasteiger charge is -2.31. The summed E-state index contributed by atoms with van der Waals surface area (Å²) >= 11 is 0. The number of likely N-dealkylation sites (N-methyl/N-ethyl adjacent to an activating group) is 1. The van der Waals surface area contributed by atoms with Gasteiger partial charge in [0.15, 0.2) is 0 Å². The molecule has 0 N–H and O–H groups in total. The zero-order chi connectivity index (χ0) is 10.1. The summed E-state index contributed by atoms with van der Waals surface area (Å²) in [4.78, 5) is 22.6. The first-order chi connectivity index (χ1) is 6.77. The van der Waals surface area contributed by atoms with Crippen molar-refractivity contribution in [3.8, 4) is 0 Å². The Hall–Kier alpha value is -1.32. The van der Waals surface area contributed by atoms with Gasteiger partial charge in [0.1, 0.15) is 6.10 Å². The number of carbonyl (C=O) groups excluding carboxylic acids is 2. The van der Waals surface area contributed by atoms with Crippen molar-refractivity contribution in [2.45, 2.75) is 18.6 Å². The van der Waals surface area contributed by atoms with Gasteiger partial charge in [-0.15, -0.1) is 0 Å². The van der Waals surface area contributed by atoms with Crippen molar-refractivity contribution in [3.05, 3.63) is 12.2 Å². The SMILES string of the molecule is CN(C=O)C1C2C=CC(C2)C1OC=O. The average molecular weight is 195 g/mol. The molecule has 0 heterocycles. The molecule has 0 aromatic rings. The fourth-order valence-corrected chi connectivity index (χ4v) is 2.60. The Bertz CT molecular complexity index is 277. The molecule has 76 valence electrons. The maximum Gasteiger partial charge on any atom is 0.293 e. The van der Waals surface area contributed by atoms with E-state index in [1.807, 2.05) is 0 Å². The van der Waals surface area contributed by atoms with Gasteiger partial charge in [0.05, 0.1) is 6.04 Å². The highest BCUT2D eigenvalue weighted by Gasteiger charge is 2.47. The minimum absolute atomic E-state index is 0.0210. The molecular weight excluding hydrogens is 182 g/mol. The van der Waals surface area contributed by atoms with Crippen LogP contribution in [-0.4, -0.2) is 37.0 Å². The first-order valence-electron chi connectivity index (χ1n) is 4.72.